The highest BCUT2D eigenvalue weighted by Gasteiger charge is 2.00. The van der Waals surface area contributed by atoms with Gasteiger partial charge in [0.05, 0.1) is 25.9 Å². The second-order valence-electron chi connectivity index (χ2n) is 3.70. The van der Waals surface area contributed by atoms with Crippen LogP contribution in [0.25, 0.3) is 0 Å². The van der Waals surface area contributed by atoms with Gasteiger partial charge in [-0.15, -0.1) is 0 Å². The van der Waals surface area contributed by atoms with Gasteiger partial charge in [-0.05, 0) is 24.6 Å². The fourth-order valence-corrected chi connectivity index (χ4v) is 1.31. The van der Waals surface area contributed by atoms with Crippen molar-refractivity contribution in [1.29, 1.82) is 0 Å². The molecule has 0 heterocycles. The molecule has 0 fully saturated rings. The summed E-state index contributed by atoms with van der Waals surface area (Å²) in [5, 5.41) is 9.34. The summed E-state index contributed by atoms with van der Waals surface area (Å²) in [6, 6.07) is 7.39. The van der Waals surface area contributed by atoms with Crippen LogP contribution >= 0.6 is 0 Å². The first kappa shape index (κ1) is 14.0. The van der Waals surface area contributed by atoms with Crippen LogP contribution < -0.4 is 4.74 Å². The Labute approximate surface area is 102 Å². The molecular formula is C13H20O4. The lowest BCUT2D eigenvalue weighted by molar-refractivity contribution is 0.0544. The van der Waals surface area contributed by atoms with E-state index in [0.29, 0.717) is 26.4 Å². The van der Waals surface area contributed by atoms with Crippen LogP contribution in [0, 0.1) is 0 Å². The number of aliphatic hydroxyl groups is 1. The minimum atomic E-state index is -0.443. The Bertz CT molecular complexity index is 295. The second kappa shape index (κ2) is 8.06. The van der Waals surface area contributed by atoms with Crippen molar-refractivity contribution in [2.45, 2.75) is 13.0 Å². The summed E-state index contributed by atoms with van der Waals surface area (Å²) in [5.41, 5.74) is 0.883. The summed E-state index contributed by atoms with van der Waals surface area (Å²) in [6.07, 6.45) is -0.443. The van der Waals surface area contributed by atoms with Crippen molar-refractivity contribution in [3.8, 4) is 5.75 Å². The van der Waals surface area contributed by atoms with E-state index in [9.17, 15) is 5.11 Å². The van der Waals surface area contributed by atoms with E-state index < -0.39 is 6.10 Å². The van der Waals surface area contributed by atoms with Gasteiger partial charge in [0.15, 0.2) is 0 Å². The smallest absolute Gasteiger partial charge is 0.119 e. The van der Waals surface area contributed by atoms with Crippen molar-refractivity contribution in [3.05, 3.63) is 29.8 Å². The molecule has 0 radical (unpaired) electrons. The Morgan fingerprint density at radius 1 is 1.06 bits per heavy atom. The van der Waals surface area contributed by atoms with Crippen molar-refractivity contribution in [2.75, 3.05) is 33.5 Å². The maximum absolute atomic E-state index is 9.34. The van der Waals surface area contributed by atoms with Crippen molar-refractivity contribution < 1.29 is 19.3 Å². The highest BCUT2D eigenvalue weighted by atomic mass is 16.5. The third kappa shape index (κ3) is 5.68. The van der Waals surface area contributed by atoms with Crippen LogP contribution in [-0.2, 0) is 9.47 Å². The van der Waals surface area contributed by atoms with E-state index >= 15 is 0 Å². The number of aliphatic hydroxyl groups excluding tert-OH is 1. The van der Waals surface area contributed by atoms with Crippen molar-refractivity contribution in [2.24, 2.45) is 0 Å². The Balaban J connectivity index is 2.19. The first-order valence-electron chi connectivity index (χ1n) is 5.71. The SMILES string of the molecule is COCCOCCOc1ccc(C(C)O)cc1. The average Bonchev–Trinajstić information content (AvgIpc) is 2.34. The van der Waals surface area contributed by atoms with Gasteiger partial charge in [-0.2, -0.15) is 0 Å². The number of benzene rings is 1. The van der Waals surface area contributed by atoms with E-state index in [2.05, 4.69) is 0 Å². The molecular weight excluding hydrogens is 220 g/mol. The molecule has 1 aromatic carbocycles. The van der Waals surface area contributed by atoms with E-state index in [4.69, 9.17) is 14.2 Å². The van der Waals surface area contributed by atoms with Gasteiger partial charge in [-0.25, -0.2) is 0 Å². The van der Waals surface area contributed by atoms with E-state index in [1.165, 1.54) is 0 Å². The van der Waals surface area contributed by atoms with Crippen LogP contribution in [0.2, 0.25) is 0 Å². The fourth-order valence-electron chi connectivity index (χ4n) is 1.31. The Kier molecular flexibility index (Phi) is 6.62. The van der Waals surface area contributed by atoms with Crippen LogP contribution in [0.1, 0.15) is 18.6 Å². The standard InChI is InChI=1S/C13H20O4/c1-11(14)12-3-5-13(6-4-12)17-10-9-16-8-7-15-2/h3-6,11,14H,7-10H2,1-2H3. The molecule has 4 nitrogen and oxygen atoms in total. The van der Waals surface area contributed by atoms with Gasteiger partial charge < -0.3 is 19.3 Å². The van der Waals surface area contributed by atoms with E-state index in [-0.39, 0.29) is 0 Å². The van der Waals surface area contributed by atoms with Crippen molar-refractivity contribution in [3.63, 3.8) is 0 Å². The summed E-state index contributed by atoms with van der Waals surface area (Å²) in [5.74, 6) is 0.782. The molecule has 0 saturated carbocycles. The average molecular weight is 240 g/mol. The van der Waals surface area contributed by atoms with Gasteiger partial charge in [-0.1, -0.05) is 12.1 Å². The molecule has 0 aliphatic heterocycles. The Morgan fingerprint density at radius 2 is 1.71 bits per heavy atom. The van der Waals surface area contributed by atoms with Crippen molar-refractivity contribution >= 4 is 0 Å². The predicted octanol–water partition coefficient (Wildman–Crippen LogP) is 1.78. The van der Waals surface area contributed by atoms with Gasteiger partial charge in [0.25, 0.3) is 0 Å². The minimum Gasteiger partial charge on any atom is -0.491 e. The summed E-state index contributed by atoms with van der Waals surface area (Å²) >= 11 is 0. The molecule has 0 spiro atoms. The molecule has 0 aliphatic carbocycles. The second-order valence-corrected chi connectivity index (χ2v) is 3.70. The van der Waals surface area contributed by atoms with Crippen LogP contribution in [0.4, 0.5) is 0 Å². The Hall–Kier alpha value is -1.10. The highest BCUT2D eigenvalue weighted by Crippen LogP contribution is 2.16. The van der Waals surface area contributed by atoms with Crippen molar-refractivity contribution in [1.82, 2.24) is 0 Å². The Morgan fingerprint density at radius 3 is 2.29 bits per heavy atom. The van der Waals surface area contributed by atoms with E-state index in [1.54, 1.807) is 14.0 Å². The molecule has 17 heavy (non-hydrogen) atoms. The van der Waals surface area contributed by atoms with E-state index in [1.807, 2.05) is 24.3 Å². The van der Waals surface area contributed by atoms with Gasteiger partial charge in [-0.3, -0.25) is 0 Å². The minimum absolute atomic E-state index is 0.443. The molecule has 1 N–H and O–H groups in total. The normalized spacial score (nSPS) is 12.4. The first-order chi connectivity index (χ1) is 8.24. The third-order valence-electron chi connectivity index (χ3n) is 2.29. The van der Waals surface area contributed by atoms with Crippen LogP contribution in [0.5, 0.6) is 5.75 Å². The lowest BCUT2D eigenvalue weighted by Crippen LogP contribution is -2.10. The number of rotatable bonds is 8. The fraction of sp³-hybridized carbons (Fsp3) is 0.538. The van der Waals surface area contributed by atoms with Gasteiger partial charge in [0.1, 0.15) is 12.4 Å². The maximum atomic E-state index is 9.34. The monoisotopic (exact) mass is 240 g/mol. The molecule has 1 rings (SSSR count). The topological polar surface area (TPSA) is 47.9 Å². The van der Waals surface area contributed by atoms with Crippen LogP contribution in [0.15, 0.2) is 24.3 Å². The van der Waals surface area contributed by atoms with Crippen LogP contribution in [0.3, 0.4) is 0 Å². The molecule has 0 bridgehead atoms. The van der Waals surface area contributed by atoms with Gasteiger partial charge in [0, 0.05) is 7.11 Å². The molecule has 4 heteroatoms. The van der Waals surface area contributed by atoms with Crippen LogP contribution in [-0.4, -0.2) is 38.6 Å². The molecule has 1 aromatic rings. The quantitative estimate of drug-likeness (QED) is 0.704. The molecule has 1 atom stereocenters. The number of hydrogen-bond acceptors (Lipinski definition) is 4. The number of hydrogen-bond donors (Lipinski definition) is 1. The summed E-state index contributed by atoms with van der Waals surface area (Å²) in [4.78, 5) is 0. The third-order valence-corrected chi connectivity index (χ3v) is 2.29. The molecule has 0 aliphatic rings. The van der Waals surface area contributed by atoms with Gasteiger partial charge in [0.2, 0.25) is 0 Å². The zero-order chi connectivity index (χ0) is 12.5. The number of ether oxygens (including phenoxy) is 3. The zero-order valence-corrected chi connectivity index (χ0v) is 10.4. The summed E-state index contributed by atoms with van der Waals surface area (Å²) in [6.45, 7) is 3.97. The summed E-state index contributed by atoms with van der Waals surface area (Å²) < 4.78 is 15.6. The molecule has 0 aromatic heterocycles. The molecule has 96 valence electrons. The molecule has 1 unspecified atom stereocenters. The number of methoxy groups -OCH3 is 1. The first-order valence-corrected chi connectivity index (χ1v) is 5.71. The molecule has 0 amide bonds. The van der Waals surface area contributed by atoms with E-state index in [0.717, 1.165) is 11.3 Å². The summed E-state index contributed by atoms with van der Waals surface area (Å²) in [7, 11) is 1.64. The van der Waals surface area contributed by atoms with Gasteiger partial charge >= 0.3 is 0 Å². The highest BCUT2D eigenvalue weighted by molar-refractivity contribution is 5.28. The lowest BCUT2D eigenvalue weighted by Gasteiger charge is -2.08. The molecule has 0 saturated heterocycles. The lowest BCUT2D eigenvalue weighted by atomic mass is 10.1. The largest absolute Gasteiger partial charge is 0.491 e. The predicted molar refractivity (Wildman–Crippen MR) is 65.3 cm³/mol. The zero-order valence-electron chi connectivity index (χ0n) is 10.4. The maximum Gasteiger partial charge on any atom is 0.119 e.